The Morgan fingerprint density at radius 3 is 2.69 bits per heavy atom. The lowest BCUT2D eigenvalue weighted by Crippen LogP contribution is -2.18. The van der Waals surface area contributed by atoms with Gasteiger partial charge in [-0.25, -0.2) is 4.98 Å². The molecule has 0 bridgehead atoms. The summed E-state index contributed by atoms with van der Waals surface area (Å²) in [5.74, 6) is 0. The van der Waals surface area contributed by atoms with Gasteiger partial charge >= 0.3 is 0 Å². The lowest BCUT2D eigenvalue weighted by molar-refractivity contribution is 0.575. The van der Waals surface area contributed by atoms with Crippen molar-refractivity contribution < 1.29 is 0 Å². The number of thiazole rings is 1. The predicted molar refractivity (Wildman–Crippen MR) is 72.2 cm³/mol. The monoisotopic (exact) mass is 240 g/mol. The number of aromatic nitrogens is 1. The third kappa shape index (κ3) is 3.87. The van der Waals surface area contributed by atoms with Crippen LogP contribution >= 0.6 is 11.3 Å². The van der Waals surface area contributed by atoms with Gasteiger partial charge in [0.15, 0.2) is 0 Å². The first-order valence-electron chi connectivity index (χ1n) is 6.38. The molecule has 0 saturated heterocycles. The first-order valence-corrected chi connectivity index (χ1v) is 7.20. The molecule has 16 heavy (non-hydrogen) atoms. The number of nitrogens with one attached hydrogen (secondary N) is 1. The second kappa shape index (κ2) is 7.02. The van der Waals surface area contributed by atoms with Crippen molar-refractivity contribution in [2.24, 2.45) is 0 Å². The molecule has 2 nitrogen and oxygen atoms in total. The van der Waals surface area contributed by atoms with Crippen LogP contribution in [0, 0.1) is 6.92 Å². The topological polar surface area (TPSA) is 24.9 Å². The summed E-state index contributed by atoms with van der Waals surface area (Å²) in [7, 11) is 0. The lowest BCUT2D eigenvalue weighted by atomic mass is 10.2. The van der Waals surface area contributed by atoms with Crippen LogP contribution < -0.4 is 5.32 Å². The summed E-state index contributed by atoms with van der Waals surface area (Å²) in [6.07, 6.45) is 4.83. The number of hydrogen-bond acceptors (Lipinski definition) is 3. The average Bonchev–Trinajstić information content (AvgIpc) is 2.64. The highest BCUT2D eigenvalue weighted by Gasteiger charge is 2.13. The third-order valence-corrected chi connectivity index (χ3v) is 4.11. The Labute approximate surface area is 103 Å². The molecule has 0 aromatic carbocycles. The van der Waals surface area contributed by atoms with E-state index in [1.807, 2.05) is 11.3 Å². The van der Waals surface area contributed by atoms with E-state index in [0.717, 1.165) is 13.0 Å². The van der Waals surface area contributed by atoms with Crippen molar-refractivity contribution >= 4 is 11.3 Å². The minimum absolute atomic E-state index is 0.452. The van der Waals surface area contributed by atoms with Crippen molar-refractivity contribution in [1.82, 2.24) is 10.3 Å². The Balaban J connectivity index is 2.61. The molecule has 0 aliphatic rings. The van der Waals surface area contributed by atoms with Crippen molar-refractivity contribution in [3.63, 3.8) is 0 Å². The van der Waals surface area contributed by atoms with Gasteiger partial charge in [0.05, 0.1) is 10.7 Å². The maximum Gasteiger partial charge on any atom is 0.0931 e. The van der Waals surface area contributed by atoms with Crippen molar-refractivity contribution in [1.29, 1.82) is 0 Å². The highest BCUT2D eigenvalue weighted by Crippen LogP contribution is 2.25. The van der Waals surface area contributed by atoms with E-state index in [-0.39, 0.29) is 0 Å². The van der Waals surface area contributed by atoms with Gasteiger partial charge in [-0.2, -0.15) is 0 Å². The molecule has 0 radical (unpaired) electrons. The Morgan fingerprint density at radius 1 is 1.31 bits per heavy atom. The fourth-order valence-electron chi connectivity index (χ4n) is 1.76. The van der Waals surface area contributed by atoms with E-state index in [1.54, 1.807) is 0 Å². The Bertz CT molecular complexity index is 307. The fraction of sp³-hybridized carbons (Fsp3) is 0.769. The molecular formula is C13H24N2S. The van der Waals surface area contributed by atoms with Gasteiger partial charge in [0.1, 0.15) is 0 Å². The smallest absolute Gasteiger partial charge is 0.0931 e. The molecule has 0 amide bonds. The minimum Gasteiger partial charge on any atom is -0.309 e. The maximum atomic E-state index is 4.66. The van der Waals surface area contributed by atoms with Gasteiger partial charge in [0.2, 0.25) is 0 Å². The highest BCUT2D eigenvalue weighted by molar-refractivity contribution is 7.11. The van der Waals surface area contributed by atoms with Crippen LogP contribution in [0.3, 0.4) is 0 Å². The first-order chi connectivity index (χ1) is 7.69. The normalized spacial score (nSPS) is 13.0. The molecule has 1 rings (SSSR count). The molecule has 0 spiro atoms. The van der Waals surface area contributed by atoms with Crippen LogP contribution in [0.15, 0.2) is 0 Å². The Kier molecular flexibility index (Phi) is 5.99. The molecule has 0 fully saturated rings. The molecule has 1 N–H and O–H groups in total. The number of nitrogens with zero attached hydrogens (tertiary/aromatic N) is 1. The zero-order chi connectivity index (χ0) is 12.0. The number of unbranched alkanes of at least 4 members (excludes halogenated alkanes) is 1. The second-order valence-electron chi connectivity index (χ2n) is 4.34. The molecule has 1 unspecified atom stereocenters. The lowest BCUT2D eigenvalue weighted by Gasteiger charge is -2.11. The molecular weight excluding hydrogens is 216 g/mol. The summed E-state index contributed by atoms with van der Waals surface area (Å²) in [6.45, 7) is 9.88. The van der Waals surface area contributed by atoms with Crippen LogP contribution in [0.1, 0.15) is 61.7 Å². The van der Waals surface area contributed by atoms with Gasteiger partial charge in [-0.3, -0.25) is 0 Å². The van der Waals surface area contributed by atoms with Crippen LogP contribution in [0.2, 0.25) is 0 Å². The van der Waals surface area contributed by atoms with Gasteiger partial charge < -0.3 is 5.32 Å². The predicted octanol–water partition coefficient (Wildman–Crippen LogP) is 3.85. The van der Waals surface area contributed by atoms with Crippen LogP contribution in [0.5, 0.6) is 0 Å². The summed E-state index contributed by atoms with van der Waals surface area (Å²) in [5.41, 5.74) is 1.22. The summed E-state index contributed by atoms with van der Waals surface area (Å²) < 4.78 is 0. The number of rotatable bonds is 7. The SMILES string of the molecule is CCCCc1nc(C)c(C(C)NCCC)s1. The fourth-order valence-corrected chi connectivity index (χ4v) is 2.89. The van der Waals surface area contributed by atoms with E-state index >= 15 is 0 Å². The zero-order valence-corrected chi connectivity index (χ0v) is 11.8. The van der Waals surface area contributed by atoms with Crippen molar-refractivity contribution in [3.05, 3.63) is 15.6 Å². The number of aryl methyl sites for hydroxylation is 2. The molecule has 3 heteroatoms. The third-order valence-electron chi connectivity index (χ3n) is 2.71. The molecule has 92 valence electrons. The van der Waals surface area contributed by atoms with Crippen LogP contribution in [0.4, 0.5) is 0 Å². The second-order valence-corrected chi connectivity index (χ2v) is 5.45. The van der Waals surface area contributed by atoms with E-state index in [4.69, 9.17) is 0 Å². The zero-order valence-electron chi connectivity index (χ0n) is 11.0. The van der Waals surface area contributed by atoms with Crippen molar-refractivity contribution in [2.45, 2.75) is 59.4 Å². The van der Waals surface area contributed by atoms with Gasteiger partial charge in [0, 0.05) is 10.9 Å². The van der Waals surface area contributed by atoms with Crippen molar-refractivity contribution in [3.8, 4) is 0 Å². The number of hydrogen-bond donors (Lipinski definition) is 1. The van der Waals surface area contributed by atoms with E-state index < -0.39 is 0 Å². The largest absolute Gasteiger partial charge is 0.309 e. The summed E-state index contributed by atoms with van der Waals surface area (Å²) >= 11 is 1.88. The van der Waals surface area contributed by atoms with Gasteiger partial charge in [-0.15, -0.1) is 11.3 Å². The van der Waals surface area contributed by atoms with E-state index in [0.29, 0.717) is 6.04 Å². The average molecular weight is 240 g/mol. The van der Waals surface area contributed by atoms with Gasteiger partial charge in [-0.1, -0.05) is 20.3 Å². The molecule has 0 aliphatic carbocycles. The van der Waals surface area contributed by atoms with Crippen molar-refractivity contribution in [2.75, 3.05) is 6.54 Å². The molecule has 1 aromatic rings. The molecule has 1 atom stereocenters. The first kappa shape index (κ1) is 13.7. The van der Waals surface area contributed by atoms with Gasteiger partial charge in [0.25, 0.3) is 0 Å². The summed E-state index contributed by atoms with van der Waals surface area (Å²) in [4.78, 5) is 6.07. The van der Waals surface area contributed by atoms with Crippen LogP contribution in [-0.2, 0) is 6.42 Å². The van der Waals surface area contributed by atoms with Crippen LogP contribution in [-0.4, -0.2) is 11.5 Å². The van der Waals surface area contributed by atoms with Gasteiger partial charge in [-0.05, 0) is 39.7 Å². The van der Waals surface area contributed by atoms with E-state index in [1.165, 1.54) is 34.8 Å². The van der Waals surface area contributed by atoms with E-state index in [2.05, 4.69) is 38.0 Å². The van der Waals surface area contributed by atoms with Crippen LogP contribution in [0.25, 0.3) is 0 Å². The molecule has 0 aliphatic heterocycles. The summed E-state index contributed by atoms with van der Waals surface area (Å²) in [5, 5.41) is 4.83. The van der Waals surface area contributed by atoms with E-state index in [9.17, 15) is 0 Å². The summed E-state index contributed by atoms with van der Waals surface area (Å²) in [6, 6.07) is 0.452. The standard InChI is InChI=1S/C13H24N2S/c1-5-7-8-12-15-11(4)13(16-12)10(3)14-9-6-2/h10,14H,5-9H2,1-4H3. The quantitative estimate of drug-likeness (QED) is 0.783. The molecule has 1 aromatic heterocycles. The minimum atomic E-state index is 0.452. The molecule has 1 heterocycles. The highest BCUT2D eigenvalue weighted by atomic mass is 32.1. The maximum absolute atomic E-state index is 4.66. The Morgan fingerprint density at radius 2 is 2.06 bits per heavy atom. The molecule has 0 saturated carbocycles. The Hall–Kier alpha value is -0.410.